The zero-order valence-electron chi connectivity index (χ0n) is 17.1. The average molecular weight is 385 g/mol. The highest BCUT2D eigenvalue weighted by atomic mass is 16.5. The Morgan fingerprint density at radius 1 is 1.36 bits per heavy atom. The SMILES string of the molecule is CCNC(=NCC1(C)COC1)N1CC(CCN2CCCC2=O)c2ccccc21. The molecule has 1 aromatic rings. The maximum atomic E-state index is 12.0. The Morgan fingerprint density at radius 2 is 2.18 bits per heavy atom. The van der Waals surface area contributed by atoms with Gasteiger partial charge in [0.15, 0.2) is 5.96 Å². The second-order valence-electron chi connectivity index (χ2n) is 8.61. The number of guanidine groups is 1. The molecule has 0 spiro atoms. The highest BCUT2D eigenvalue weighted by molar-refractivity contribution is 5.98. The van der Waals surface area contributed by atoms with Gasteiger partial charge in [0.25, 0.3) is 0 Å². The summed E-state index contributed by atoms with van der Waals surface area (Å²) in [6.45, 7) is 10.2. The van der Waals surface area contributed by atoms with E-state index in [0.717, 1.165) is 64.7 Å². The maximum absolute atomic E-state index is 12.0. The van der Waals surface area contributed by atoms with E-state index in [1.807, 2.05) is 4.90 Å². The number of amides is 1. The van der Waals surface area contributed by atoms with Crippen molar-refractivity contribution in [3.8, 4) is 0 Å². The molecule has 0 aromatic heterocycles. The largest absolute Gasteiger partial charge is 0.380 e. The number of anilines is 1. The van der Waals surface area contributed by atoms with Crippen LogP contribution >= 0.6 is 0 Å². The summed E-state index contributed by atoms with van der Waals surface area (Å²) in [4.78, 5) is 21.3. The number of carbonyl (C=O) groups is 1. The van der Waals surface area contributed by atoms with Crippen LogP contribution < -0.4 is 10.2 Å². The zero-order valence-corrected chi connectivity index (χ0v) is 17.1. The Kier molecular flexibility index (Phi) is 5.58. The van der Waals surface area contributed by atoms with Crippen LogP contribution in [-0.4, -0.2) is 62.7 Å². The van der Waals surface area contributed by atoms with E-state index in [0.29, 0.717) is 18.2 Å². The van der Waals surface area contributed by atoms with E-state index in [-0.39, 0.29) is 5.41 Å². The van der Waals surface area contributed by atoms with Gasteiger partial charge in [0.05, 0.1) is 19.8 Å². The molecule has 0 aliphatic carbocycles. The Hall–Kier alpha value is -2.08. The van der Waals surface area contributed by atoms with Crippen molar-refractivity contribution in [2.45, 2.75) is 39.0 Å². The number of likely N-dealkylation sites (tertiary alicyclic amines) is 1. The minimum atomic E-state index is 0.162. The van der Waals surface area contributed by atoms with Crippen molar-refractivity contribution in [1.82, 2.24) is 10.2 Å². The number of benzene rings is 1. The highest BCUT2D eigenvalue weighted by Gasteiger charge is 2.35. The number of carbonyl (C=O) groups excluding carboxylic acids is 1. The number of fused-ring (bicyclic) bond motifs is 1. The molecule has 3 heterocycles. The molecule has 152 valence electrons. The molecule has 1 amide bonds. The smallest absolute Gasteiger partial charge is 0.222 e. The molecule has 1 unspecified atom stereocenters. The van der Waals surface area contributed by atoms with Crippen LogP contribution in [-0.2, 0) is 9.53 Å². The number of aliphatic imine (C=N–C) groups is 1. The van der Waals surface area contributed by atoms with Crippen LogP contribution in [0.2, 0.25) is 0 Å². The van der Waals surface area contributed by atoms with Crippen LogP contribution in [0, 0.1) is 5.41 Å². The Bertz CT molecular complexity index is 744. The zero-order chi connectivity index (χ0) is 19.6. The molecule has 1 N–H and O–H groups in total. The normalized spacial score (nSPS) is 23.7. The quantitative estimate of drug-likeness (QED) is 0.605. The molecule has 6 heteroatoms. The van der Waals surface area contributed by atoms with Gasteiger partial charge in [-0.3, -0.25) is 9.79 Å². The first-order valence-corrected chi connectivity index (χ1v) is 10.6. The predicted octanol–water partition coefficient (Wildman–Crippen LogP) is 2.60. The van der Waals surface area contributed by atoms with Crippen molar-refractivity contribution >= 4 is 17.6 Å². The number of hydrogen-bond donors (Lipinski definition) is 1. The minimum Gasteiger partial charge on any atom is -0.380 e. The van der Waals surface area contributed by atoms with Gasteiger partial charge in [-0.25, -0.2) is 0 Å². The van der Waals surface area contributed by atoms with Gasteiger partial charge in [-0.1, -0.05) is 25.1 Å². The third-order valence-corrected chi connectivity index (χ3v) is 6.09. The van der Waals surface area contributed by atoms with Gasteiger partial charge in [-0.15, -0.1) is 0 Å². The van der Waals surface area contributed by atoms with Crippen molar-refractivity contribution in [2.24, 2.45) is 10.4 Å². The first-order chi connectivity index (χ1) is 13.6. The molecule has 1 aromatic carbocycles. The molecule has 28 heavy (non-hydrogen) atoms. The Morgan fingerprint density at radius 3 is 2.86 bits per heavy atom. The van der Waals surface area contributed by atoms with E-state index >= 15 is 0 Å². The van der Waals surface area contributed by atoms with E-state index in [9.17, 15) is 4.79 Å². The molecule has 2 fully saturated rings. The van der Waals surface area contributed by atoms with Gasteiger partial charge in [-0.2, -0.15) is 0 Å². The fourth-order valence-corrected chi connectivity index (χ4v) is 4.40. The average Bonchev–Trinajstić information content (AvgIpc) is 3.25. The molecule has 1 atom stereocenters. The van der Waals surface area contributed by atoms with Crippen LogP contribution in [0.15, 0.2) is 29.3 Å². The van der Waals surface area contributed by atoms with Crippen LogP contribution in [0.25, 0.3) is 0 Å². The van der Waals surface area contributed by atoms with Gasteiger partial charge in [0.2, 0.25) is 5.91 Å². The molecule has 0 radical (unpaired) electrons. The van der Waals surface area contributed by atoms with Gasteiger partial charge in [0.1, 0.15) is 0 Å². The Balaban J connectivity index is 1.50. The number of hydrogen-bond acceptors (Lipinski definition) is 3. The first-order valence-electron chi connectivity index (χ1n) is 10.6. The van der Waals surface area contributed by atoms with E-state index < -0.39 is 0 Å². The topological polar surface area (TPSA) is 57.2 Å². The third-order valence-electron chi connectivity index (χ3n) is 6.09. The van der Waals surface area contributed by atoms with Crippen molar-refractivity contribution in [3.63, 3.8) is 0 Å². The molecule has 2 saturated heterocycles. The molecule has 0 saturated carbocycles. The van der Waals surface area contributed by atoms with Crippen LogP contribution in [0.4, 0.5) is 5.69 Å². The van der Waals surface area contributed by atoms with Gasteiger partial charge in [0, 0.05) is 49.6 Å². The fourth-order valence-electron chi connectivity index (χ4n) is 4.40. The van der Waals surface area contributed by atoms with E-state index in [1.54, 1.807) is 0 Å². The van der Waals surface area contributed by atoms with Crippen molar-refractivity contribution in [1.29, 1.82) is 0 Å². The van der Waals surface area contributed by atoms with Crippen LogP contribution in [0.3, 0.4) is 0 Å². The minimum absolute atomic E-state index is 0.162. The first kappa shape index (κ1) is 19.2. The van der Waals surface area contributed by atoms with E-state index in [4.69, 9.17) is 9.73 Å². The number of rotatable bonds is 6. The second kappa shape index (κ2) is 8.11. The second-order valence-corrected chi connectivity index (χ2v) is 8.61. The van der Waals surface area contributed by atoms with Crippen LogP contribution in [0.1, 0.15) is 44.6 Å². The lowest BCUT2D eigenvalue weighted by Crippen LogP contribution is -2.45. The van der Waals surface area contributed by atoms with Crippen LogP contribution in [0.5, 0.6) is 0 Å². The molecular weight excluding hydrogens is 352 g/mol. The lowest BCUT2D eigenvalue weighted by Gasteiger charge is -2.37. The molecule has 3 aliphatic heterocycles. The highest BCUT2D eigenvalue weighted by Crippen LogP contribution is 2.38. The van der Waals surface area contributed by atoms with E-state index in [1.165, 1.54) is 11.3 Å². The summed E-state index contributed by atoms with van der Waals surface area (Å²) < 4.78 is 5.38. The molecule has 0 bridgehead atoms. The lowest BCUT2D eigenvalue weighted by atomic mass is 9.89. The molecule has 3 aliphatic rings. The maximum Gasteiger partial charge on any atom is 0.222 e. The van der Waals surface area contributed by atoms with Gasteiger partial charge >= 0.3 is 0 Å². The molecule has 6 nitrogen and oxygen atoms in total. The molecule has 4 rings (SSSR count). The lowest BCUT2D eigenvalue weighted by molar-refractivity contribution is -0.127. The predicted molar refractivity (Wildman–Crippen MR) is 112 cm³/mol. The summed E-state index contributed by atoms with van der Waals surface area (Å²) in [5.41, 5.74) is 2.78. The van der Waals surface area contributed by atoms with Crippen molar-refractivity contribution in [3.05, 3.63) is 29.8 Å². The summed E-state index contributed by atoms with van der Waals surface area (Å²) in [5.74, 6) is 1.70. The monoisotopic (exact) mass is 384 g/mol. The summed E-state index contributed by atoms with van der Waals surface area (Å²) in [5, 5.41) is 3.48. The summed E-state index contributed by atoms with van der Waals surface area (Å²) in [6.07, 6.45) is 2.73. The van der Waals surface area contributed by atoms with Gasteiger partial charge < -0.3 is 19.9 Å². The number of nitrogens with zero attached hydrogens (tertiary/aromatic N) is 3. The van der Waals surface area contributed by atoms with Crippen molar-refractivity contribution in [2.75, 3.05) is 50.8 Å². The van der Waals surface area contributed by atoms with E-state index in [2.05, 4.69) is 48.3 Å². The van der Waals surface area contributed by atoms with Gasteiger partial charge in [-0.05, 0) is 31.4 Å². The Labute approximate surface area is 167 Å². The van der Waals surface area contributed by atoms with Crippen molar-refractivity contribution < 1.29 is 9.53 Å². The third kappa shape index (κ3) is 3.88. The number of para-hydroxylation sites is 1. The summed E-state index contributed by atoms with van der Waals surface area (Å²) in [6, 6.07) is 8.64. The fraction of sp³-hybridized carbons (Fsp3) is 0.636. The summed E-state index contributed by atoms with van der Waals surface area (Å²) >= 11 is 0. The summed E-state index contributed by atoms with van der Waals surface area (Å²) in [7, 11) is 0. The molecular formula is C22H32N4O2. The standard InChI is InChI=1S/C22H32N4O2/c1-3-23-21(24-14-22(2)15-28-16-22)26-13-17(18-7-4-5-8-19(18)26)10-12-25-11-6-9-20(25)27/h4-5,7-8,17H,3,6,9-16H2,1-2H3,(H,23,24). The number of ether oxygens (including phenoxy) is 1. The number of nitrogens with one attached hydrogen (secondary N) is 1.